The molecule has 2 aromatic carbocycles. The van der Waals surface area contributed by atoms with Gasteiger partial charge in [-0.15, -0.1) is 11.8 Å². The molecule has 3 aromatic rings. The van der Waals surface area contributed by atoms with Gasteiger partial charge >= 0.3 is 0 Å². The van der Waals surface area contributed by atoms with Gasteiger partial charge in [-0.25, -0.2) is 4.98 Å². The van der Waals surface area contributed by atoms with Crippen molar-refractivity contribution in [1.82, 2.24) is 4.98 Å². The highest BCUT2D eigenvalue weighted by atomic mass is 32.2. The second-order valence-electron chi connectivity index (χ2n) is 7.37. The van der Waals surface area contributed by atoms with Crippen molar-refractivity contribution in [3.05, 3.63) is 53.9 Å². The number of thioether (sulfide) groups is 1. The number of hydrogen-bond donors (Lipinski definition) is 2. The zero-order valence-corrected chi connectivity index (χ0v) is 17.2. The Hall–Kier alpha value is -2.80. The molecule has 0 radical (unpaired) electrons. The van der Waals surface area contributed by atoms with E-state index < -0.39 is 0 Å². The van der Waals surface area contributed by atoms with E-state index in [4.69, 9.17) is 4.42 Å². The zero-order valence-electron chi connectivity index (χ0n) is 16.4. The van der Waals surface area contributed by atoms with E-state index in [0.29, 0.717) is 11.6 Å². The van der Waals surface area contributed by atoms with Crippen LogP contribution in [-0.2, 0) is 9.59 Å². The maximum absolute atomic E-state index is 12.5. The predicted molar refractivity (Wildman–Crippen MR) is 116 cm³/mol. The lowest BCUT2D eigenvalue weighted by molar-refractivity contribution is -0.115. The van der Waals surface area contributed by atoms with Crippen LogP contribution in [0.1, 0.15) is 37.1 Å². The Labute approximate surface area is 173 Å². The fraction of sp³-hybridized carbons (Fsp3) is 0.318. The predicted octanol–water partition coefficient (Wildman–Crippen LogP) is 4.71. The van der Waals surface area contributed by atoms with Gasteiger partial charge in [0, 0.05) is 17.3 Å². The van der Waals surface area contributed by atoms with E-state index in [9.17, 15) is 9.59 Å². The molecule has 6 nitrogen and oxygen atoms in total. The van der Waals surface area contributed by atoms with Crippen LogP contribution in [0.15, 0.2) is 46.9 Å². The Morgan fingerprint density at radius 3 is 2.59 bits per heavy atom. The van der Waals surface area contributed by atoms with Gasteiger partial charge in [-0.05, 0) is 57.0 Å². The van der Waals surface area contributed by atoms with Crippen LogP contribution >= 0.6 is 11.8 Å². The van der Waals surface area contributed by atoms with Crippen LogP contribution in [-0.4, -0.2) is 27.8 Å². The van der Waals surface area contributed by atoms with Crippen LogP contribution in [0.2, 0.25) is 0 Å². The monoisotopic (exact) mass is 409 g/mol. The van der Waals surface area contributed by atoms with Crippen molar-refractivity contribution < 1.29 is 14.0 Å². The molecule has 2 amide bonds. The summed E-state index contributed by atoms with van der Waals surface area (Å²) < 4.78 is 5.75. The Morgan fingerprint density at radius 2 is 1.86 bits per heavy atom. The number of nitrogens with zero attached hydrogens (tertiary/aromatic N) is 1. The summed E-state index contributed by atoms with van der Waals surface area (Å²) in [6, 6.07) is 13.1. The van der Waals surface area contributed by atoms with E-state index in [1.165, 1.54) is 11.8 Å². The summed E-state index contributed by atoms with van der Waals surface area (Å²) in [5.74, 6) is 1.16. The molecule has 1 saturated carbocycles. The van der Waals surface area contributed by atoms with Crippen molar-refractivity contribution in [3.63, 3.8) is 0 Å². The first kappa shape index (κ1) is 19.5. The average molecular weight is 410 g/mol. The summed E-state index contributed by atoms with van der Waals surface area (Å²) in [6.45, 7) is 3.78. The molecular weight excluding hydrogens is 386 g/mol. The third-order valence-electron chi connectivity index (χ3n) is 4.77. The fourth-order valence-electron chi connectivity index (χ4n) is 2.88. The van der Waals surface area contributed by atoms with Crippen molar-refractivity contribution in [1.29, 1.82) is 0 Å². The van der Waals surface area contributed by atoms with Gasteiger partial charge in [0.15, 0.2) is 11.5 Å². The molecule has 0 spiro atoms. The highest BCUT2D eigenvalue weighted by Gasteiger charge is 2.29. The average Bonchev–Trinajstić information content (AvgIpc) is 3.47. The van der Waals surface area contributed by atoms with Crippen molar-refractivity contribution in [2.75, 3.05) is 16.4 Å². The highest BCUT2D eigenvalue weighted by Crippen LogP contribution is 2.40. The molecule has 150 valence electrons. The molecule has 4 rings (SSSR count). The molecule has 29 heavy (non-hydrogen) atoms. The summed E-state index contributed by atoms with van der Waals surface area (Å²) in [4.78, 5) is 29.1. The van der Waals surface area contributed by atoms with Gasteiger partial charge in [-0.1, -0.05) is 17.7 Å². The fourth-order valence-corrected chi connectivity index (χ4v) is 3.57. The molecule has 1 heterocycles. The van der Waals surface area contributed by atoms with Gasteiger partial charge in [-0.3, -0.25) is 9.59 Å². The van der Waals surface area contributed by atoms with Crippen molar-refractivity contribution in [2.45, 2.75) is 37.9 Å². The van der Waals surface area contributed by atoms with E-state index in [-0.39, 0.29) is 22.8 Å². The van der Waals surface area contributed by atoms with Crippen molar-refractivity contribution in [3.8, 4) is 0 Å². The Morgan fingerprint density at radius 1 is 1.14 bits per heavy atom. The number of fused-ring (bicyclic) bond motifs is 1. The van der Waals surface area contributed by atoms with Gasteiger partial charge < -0.3 is 15.1 Å². The quantitative estimate of drug-likeness (QED) is 0.590. The number of benzene rings is 2. The minimum atomic E-state index is -0.367. The maximum atomic E-state index is 12.5. The number of oxazole rings is 1. The summed E-state index contributed by atoms with van der Waals surface area (Å²) in [6.07, 6.45) is 2.26. The second-order valence-corrected chi connectivity index (χ2v) is 8.69. The number of anilines is 2. The molecule has 7 heteroatoms. The molecule has 0 saturated heterocycles. The van der Waals surface area contributed by atoms with Crippen LogP contribution in [0.4, 0.5) is 11.4 Å². The Bertz CT molecular complexity index is 1040. The summed E-state index contributed by atoms with van der Waals surface area (Å²) in [5, 5.41) is 5.37. The normalized spacial score (nSPS) is 14.6. The van der Waals surface area contributed by atoms with Gasteiger partial charge in [0.05, 0.1) is 11.0 Å². The number of carbonyl (C=O) groups excluding carboxylic acids is 2. The van der Waals surface area contributed by atoms with Crippen molar-refractivity contribution >= 4 is 46.1 Å². The number of hydrogen-bond acceptors (Lipinski definition) is 5. The first-order valence-electron chi connectivity index (χ1n) is 9.67. The standard InChI is InChI=1S/C22H23N3O3S/c1-13-3-7-16(8-4-13)23-20(26)12-29-14(2)21(27)24-17-9-10-19-18(11-17)25-22(28-19)15-5-6-15/h3-4,7-11,14-15H,5-6,12H2,1-2H3,(H,23,26)(H,24,27). The highest BCUT2D eigenvalue weighted by molar-refractivity contribution is 8.01. The van der Waals surface area contributed by atoms with E-state index in [0.717, 1.165) is 41.1 Å². The molecule has 1 unspecified atom stereocenters. The first-order valence-corrected chi connectivity index (χ1v) is 10.7. The number of amides is 2. The minimum absolute atomic E-state index is 0.130. The molecule has 1 fully saturated rings. The minimum Gasteiger partial charge on any atom is -0.440 e. The van der Waals surface area contributed by atoms with Gasteiger partial charge in [0.2, 0.25) is 11.8 Å². The Kier molecular flexibility index (Phi) is 5.58. The molecule has 1 aliphatic carbocycles. The number of nitrogens with one attached hydrogen (secondary N) is 2. The van der Waals surface area contributed by atoms with Gasteiger partial charge in [0.1, 0.15) is 5.52 Å². The summed E-state index contributed by atoms with van der Waals surface area (Å²) >= 11 is 1.30. The first-order chi connectivity index (χ1) is 14.0. The van der Waals surface area contributed by atoms with Crippen LogP contribution in [0.25, 0.3) is 11.1 Å². The smallest absolute Gasteiger partial charge is 0.237 e. The lowest BCUT2D eigenvalue weighted by atomic mass is 10.2. The molecule has 2 N–H and O–H groups in total. The lowest BCUT2D eigenvalue weighted by Gasteiger charge is -2.12. The molecule has 1 aromatic heterocycles. The zero-order chi connectivity index (χ0) is 20.4. The topological polar surface area (TPSA) is 84.2 Å². The largest absolute Gasteiger partial charge is 0.440 e. The lowest BCUT2D eigenvalue weighted by Crippen LogP contribution is -2.25. The van der Waals surface area contributed by atoms with Crippen LogP contribution in [0.3, 0.4) is 0 Å². The number of aromatic nitrogens is 1. The Balaban J connectivity index is 1.29. The molecule has 0 aliphatic heterocycles. The number of carbonyl (C=O) groups is 2. The van der Waals surface area contributed by atoms with Gasteiger partial charge in [-0.2, -0.15) is 0 Å². The second kappa shape index (κ2) is 8.29. The van der Waals surface area contributed by atoms with E-state index in [1.807, 2.05) is 49.4 Å². The molecular formula is C22H23N3O3S. The van der Waals surface area contributed by atoms with E-state index >= 15 is 0 Å². The molecule has 1 aliphatic rings. The molecule has 0 bridgehead atoms. The third-order valence-corrected chi connectivity index (χ3v) is 5.91. The van der Waals surface area contributed by atoms with E-state index in [1.54, 1.807) is 6.92 Å². The third kappa shape index (κ3) is 4.98. The maximum Gasteiger partial charge on any atom is 0.237 e. The van der Waals surface area contributed by atoms with Crippen molar-refractivity contribution in [2.24, 2.45) is 0 Å². The van der Waals surface area contributed by atoms with Crippen LogP contribution in [0, 0.1) is 6.92 Å². The van der Waals surface area contributed by atoms with Crippen LogP contribution < -0.4 is 10.6 Å². The van der Waals surface area contributed by atoms with E-state index in [2.05, 4.69) is 15.6 Å². The summed E-state index contributed by atoms with van der Waals surface area (Å²) in [5.41, 5.74) is 4.05. The molecule has 1 atom stereocenters. The number of rotatable bonds is 7. The number of aryl methyl sites for hydroxylation is 1. The van der Waals surface area contributed by atoms with Gasteiger partial charge in [0.25, 0.3) is 0 Å². The SMILES string of the molecule is Cc1ccc(NC(=O)CSC(C)C(=O)Nc2ccc3oc(C4CC4)nc3c2)cc1. The summed E-state index contributed by atoms with van der Waals surface area (Å²) in [7, 11) is 0. The van der Waals surface area contributed by atoms with Crippen LogP contribution in [0.5, 0.6) is 0 Å².